The maximum atomic E-state index is 6.55. The minimum absolute atomic E-state index is 0.0296. The number of hydrogen-bond donors (Lipinski definition) is 1. The predicted molar refractivity (Wildman–Crippen MR) is 89.8 cm³/mol. The SMILES string of the molecule is CN(C)c1ccc(C(N)c2ccccc2C2CCC2)cc1. The third kappa shape index (κ3) is 2.81. The molecule has 1 fully saturated rings. The zero-order valence-corrected chi connectivity index (χ0v) is 12.9. The maximum Gasteiger partial charge on any atom is 0.0554 e. The van der Waals surface area contributed by atoms with E-state index in [1.807, 2.05) is 0 Å². The zero-order chi connectivity index (χ0) is 14.8. The van der Waals surface area contributed by atoms with Gasteiger partial charge in [-0.2, -0.15) is 0 Å². The van der Waals surface area contributed by atoms with E-state index in [4.69, 9.17) is 5.73 Å². The van der Waals surface area contributed by atoms with Crippen molar-refractivity contribution >= 4 is 5.69 Å². The van der Waals surface area contributed by atoms with Gasteiger partial charge in [0.1, 0.15) is 0 Å². The van der Waals surface area contributed by atoms with Crippen molar-refractivity contribution in [3.05, 3.63) is 65.2 Å². The van der Waals surface area contributed by atoms with Crippen molar-refractivity contribution in [3.63, 3.8) is 0 Å². The lowest BCUT2D eigenvalue weighted by atomic mass is 9.76. The van der Waals surface area contributed by atoms with E-state index in [9.17, 15) is 0 Å². The Bertz CT molecular complexity index is 597. The van der Waals surface area contributed by atoms with Gasteiger partial charge in [0.15, 0.2) is 0 Å². The minimum atomic E-state index is -0.0296. The number of nitrogens with two attached hydrogens (primary N) is 1. The molecule has 2 heteroatoms. The summed E-state index contributed by atoms with van der Waals surface area (Å²) in [6.07, 6.45) is 3.97. The molecule has 2 aromatic rings. The number of benzene rings is 2. The van der Waals surface area contributed by atoms with Crippen molar-refractivity contribution in [2.45, 2.75) is 31.2 Å². The molecule has 2 aromatic carbocycles. The first-order valence-corrected chi connectivity index (χ1v) is 7.78. The van der Waals surface area contributed by atoms with Crippen LogP contribution >= 0.6 is 0 Å². The molecular weight excluding hydrogens is 256 g/mol. The Hall–Kier alpha value is -1.80. The van der Waals surface area contributed by atoms with Gasteiger partial charge >= 0.3 is 0 Å². The van der Waals surface area contributed by atoms with Gasteiger partial charge in [0.25, 0.3) is 0 Å². The average Bonchev–Trinajstić information content (AvgIpc) is 2.45. The molecule has 0 saturated heterocycles. The second-order valence-electron chi connectivity index (χ2n) is 6.22. The fourth-order valence-corrected chi connectivity index (χ4v) is 3.04. The Kier molecular flexibility index (Phi) is 3.98. The summed E-state index contributed by atoms with van der Waals surface area (Å²) in [7, 11) is 4.11. The third-order valence-electron chi connectivity index (χ3n) is 4.64. The van der Waals surface area contributed by atoms with E-state index in [0.717, 1.165) is 0 Å². The van der Waals surface area contributed by atoms with Crippen LogP contribution in [-0.4, -0.2) is 14.1 Å². The monoisotopic (exact) mass is 280 g/mol. The Morgan fingerprint density at radius 3 is 2.24 bits per heavy atom. The van der Waals surface area contributed by atoms with Crippen molar-refractivity contribution in [2.24, 2.45) is 5.73 Å². The molecule has 3 rings (SSSR count). The second-order valence-corrected chi connectivity index (χ2v) is 6.22. The highest BCUT2D eigenvalue weighted by Crippen LogP contribution is 2.40. The fourth-order valence-electron chi connectivity index (χ4n) is 3.04. The topological polar surface area (TPSA) is 29.3 Å². The van der Waals surface area contributed by atoms with Gasteiger partial charge in [-0.25, -0.2) is 0 Å². The Morgan fingerprint density at radius 1 is 1.00 bits per heavy atom. The maximum absolute atomic E-state index is 6.55. The normalized spacial score (nSPS) is 16.3. The third-order valence-corrected chi connectivity index (χ3v) is 4.64. The van der Waals surface area contributed by atoms with E-state index in [1.165, 1.54) is 41.6 Å². The van der Waals surface area contributed by atoms with Gasteiger partial charge in [0.2, 0.25) is 0 Å². The first kappa shape index (κ1) is 14.2. The van der Waals surface area contributed by atoms with Crippen molar-refractivity contribution < 1.29 is 0 Å². The molecule has 0 aromatic heterocycles. The number of anilines is 1. The van der Waals surface area contributed by atoms with Crippen molar-refractivity contribution in [3.8, 4) is 0 Å². The standard InChI is InChI=1S/C19H24N2/c1-21(2)16-12-10-15(11-13-16)19(20)18-9-4-3-8-17(18)14-6-5-7-14/h3-4,8-14,19H,5-7,20H2,1-2H3. The Balaban J connectivity index is 1.89. The van der Waals surface area contributed by atoms with E-state index < -0.39 is 0 Å². The molecule has 2 N–H and O–H groups in total. The van der Waals surface area contributed by atoms with E-state index in [-0.39, 0.29) is 6.04 Å². The lowest BCUT2D eigenvalue weighted by molar-refractivity contribution is 0.416. The molecular formula is C19H24N2. The Labute approximate surface area is 127 Å². The van der Waals surface area contributed by atoms with Crippen LogP contribution in [0.15, 0.2) is 48.5 Å². The van der Waals surface area contributed by atoms with Crippen LogP contribution in [0.5, 0.6) is 0 Å². The first-order valence-electron chi connectivity index (χ1n) is 7.78. The van der Waals surface area contributed by atoms with Gasteiger partial charge in [-0.05, 0) is 47.6 Å². The zero-order valence-electron chi connectivity index (χ0n) is 12.9. The summed E-state index contributed by atoms with van der Waals surface area (Å²) in [6.45, 7) is 0. The molecule has 1 unspecified atom stereocenters. The highest BCUT2D eigenvalue weighted by atomic mass is 15.1. The molecule has 1 saturated carbocycles. The highest BCUT2D eigenvalue weighted by molar-refractivity contribution is 5.48. The molecule has 1 aliphatic rings. The largest absolute Gasteiger partial charge is 0.378 e. The Morgan fingerprint density at radius 2 is 1.67 bits per heavy atom. The van der Waals surface area contributed by atoms with Crippen molar-refractivity contribution in [1.82, 2.24) is 0 Å². The van der Waals surface area contributed by atoms with Crippen molar-refractivity contribution in [1.29, 1.82) is 0 Å². The summed E-state index contributed by atoms with van der Waals surface area (Å²) in [4.78, 5) is 2.11. The van der Waals surface area contributed by atoms with Crippen LogP contribution in [-0.2, 0) is 0 Å². The van der Waals surface area contributed by atoms with Crippen LogP contribution in [0.25, 0.3) is 0 Å². The van der Waals surface area contributed by atoms with Crippen LogP contribution < -0.4 is 10.6 Å². The molecule has 0 spiro atoms. The average molecular weight is 280 g/mol. The van der Waals surface area contributed by atoms with Gasteiger partial charge < -0.3 is 10.6 Å². The molecule has 1 aliphatic carbocycles. The van der Waals surface area contributed by atoms with E-state index >= 15 is 0 Å². The molecule has 2 nitrogen and oxygen atoms in total. The molecule has 0 heterocycles. The summed E-state index contributed by atoms with van der Waals surface area (Å²) in [5.74, 6) is 0.716. The molecule has 110 valence electrons. The van der Waals surface area contributed by atoms with Crippen LogP contribution in [0.3, 0.4) is 0 Å². The van der Waals surface area contributed by atoms with E-state index in [2.05, 4.69) is 67.5 Å². The number of nitrogens with zero attached hydrogens (tertiary/aromatic N) is 1. The molecule has 0 aliphatic heterocycles. The first-order chi connectivity index (χ1) is 10.2. The summed E-state index contributed by atoms with van der Waals surface area (Å²) in [5, 5.41) is 0. The summed E-state index contributed by atoms with van der Waals surface area (Å²) in [6, 6.07) is 17.2. The smallest absolute Gasteiger partial charge is 0.0554 e. The van der Waals surface area contributed by atoms with Gasteiger partial charge in [-0.15, -0.1) is 0 Å². The molecule has 21 heavy (non-hydrogen) atoms. The minimum Gasteiger partial charge on any atom is -0.378 e. The molecule has 1 atom stereocenters. The number of hydrogen-bond acceptors (Lipinski definition) is 2. The van der Waals surface area contributed by atoms with Crippen LogP contribution in [0.1, 0.15) is 47.9 Å². The van der Waals surface area contributed by atoms with Crippen LogP contribution in [0, 0.1) is 0 Å². The lowest BCUT2D eigenvalue weighted by Crippen LogP contribution is -2.18. The van der Waals surface area contributed by atoms with Gasteiger partial charge in [-0.1, -0.05) is 42.8 Å². The number of rotatable bonds is 4. The lowest BCUT2D eigenvalue weighted by Gasteiger charge is -2.29. The quantitative estimate of drug-likeness (QED) is 0.914. The van der Waals surface area contributed by atoms with Gasteiger partial charge in [-0.3, -0.25) is 0 Å². The van der Waals surface area contributed by atoms with Gasteiger partial charge in [0.05, 0.1) is 6.04 Å². The molecule has 0 amide bonds. The van der Waals surface area contributed by atoms with Crippen molar-refractivity contribution in [2.75, 3.05) is 19.0 Å². The predicted octanol–water partition coefficient (Wildman–Crippen LogP) is 4.07. The summed E-state index contributed by atoms with van der Waals surface area (Å²) >= 11 is 0. The van der Waals surface area contributed by atoms with E-state index in [1.54, 1.807) is 0 Å². The molecule has 0 bridgehead atoms. The molecule has 0 radical (unpaired) electrons. The highest BCUT2D eigenvalue weighted by Gasteiger charge is 2.24. The van der Waals surface area contributed by atoms with E-state index in [0.29, 0.717) is 5.92 Å². The van der Waals surface area contributed by atoms with Gasteiger partial charge in [0, 0.05) is 19.8 Å². The van der Waals surface area contributed by atoms with Crippen LogP contribution in [0.4, 0.5) is 5.69 Å². The van der Waals surface area contributed by atoms with Crippen LogP contribution in [0.2, 0.25) is 0 Å². The summed E-state index contributed by atoms with van der Waals surface area (Å²) in [5.41, 5.74) is 11.7. The fraction of sp³-hybridized carbons (Fsp3) is 0.368. The second kappa shape index (κ2) is 5.90. The summed E-state index contributed by atoms with van der Waals surface area (Å²) < 4.78 is 0.